The normalized spacial score (nSPS) is 10.1. The van der Waals surface area contributed by atoms with Gasteiger partial charge in [-0.1, -0.05) is 18.5 Å². The van der Waals surface area contributed by atoms with E-state index in [1.165, 1.54) is 11.3 Å². The molecule has 1 aromatic rings. The second-order valence-electron chi connectivity index (χ2n) is 2.12. The number of halogens is 1. The van der Waals surface area contributed by atoms with E-state index >= 15 is 0 Å². The molecular formula is C7H10ClN. The maximum Gasteiger partial charge on any atom is 0.106 e. The zero-order valence-electron chi connectivity index (χ0n) is 5.66. The van der Waals surface area contributed by atoms with Gasteiger partial charge in [-0.25, -0.2) is 0 Å². The van der Waals surface area contributed by atoms with Crippen molar-refractivity contribution in [3.8, 4) is 0 Å². The van der Waals surface area contributed by atoms with Gasteiger partial charge in [0.05, 0.1) is 0 Å². The molecule has 1 heterocycles. The number of aromatic nitrogens is 1. The standard InChI is InChI=1S/C7H10ClN/c1-3-6-4-7(8)9-5(6)2/h4,9H,3H2,1-2H3. The molecule has 0 spiro atoms. The van der Waals surface area contributed by atoms with Crippen LogP contribution in [0.15, 0.2) is 6.07 Å². The highest BCUT2D eigenvalue weighted by Crippen LogP contribution is 2.13. The number of nitrogens with one attached hydrogen (secondary N) is 1. The molecule has 50 valence electrons. The molecule has 0 unspecified atom stereocenters. The first-order valence-corrected chi connectivity index (χ1v) is 3.45. The van der Waals surface area contributed by atoms with Crippen molar-refractivity contribution in [1.29, 1.82) is 0 Å². The molecule has 0 saturated carbocycles. The number of rotatable bonds is 1. The van der Waals surface area contributed by atoms with Crippen LogP contribution in [0.1, 0.15) is 18.2 Å². The Kier molecular flexibility index (Phi) is 1.81. The van der Waals surface area contributed by atoms with Gasteiger partial charge >= 0.3 is 0 Å². The van der Waals surface area contributed by atoms with Gasteiger partial charge in [-0.05, 0) is 25.0 Å². The van der Waals surface area contributed by atoms with Crippen molar-refractivity contribution in [2.24, 2.45) is 0 Å². The predicted molar refractivity (Wildman–Crippen MR) is 39.9 cm³/mol. The lowest BCUT2D eigenvalue weighted by Gasteiger charge is -1.88. The Bertz CT molecular complexity index is 203. The van der Waals surface area contributed by atoms with E-state index in [0.717, 1.165) is 11.6 Å². The molecule has 0 aliphatic rings. The fourth-order valence-electron chi connectivity index (χ4n) is 0.924. The minimum Gasteiger partial charge on any atom is -0.350 e. The van der Waals surface area contributed by atoms with E-state index in [9.17, 15) is 0 Å². The quantitative estimate of drug-likeness (QED) is 0.622. The van der Waals surface area contributed by atoms with Crippen LogP contribution in [0, 0.1) is 6.92 Å². The molecule has 0 bridgehead atoms. The molecule has 0 aliphatic carbocycles. The minimum atomic E-state index is 0.740. The van der Waals surface area contributed by atoms with Crippen molar-refractivity contribution in [2.45, 2.75) is 20.3 Å². The van der Waals surface area contributed by atoms with Gasteiger partial charge in [0.25, 0.3) is 0 Å². The monoisotopic (exact) mass is 143 g/mol. The van der Waals surface area contributed by atoms with Crippen molar-refractivity contribution in [3.05, 3.63) is 22.5 Å². The van der Waals surface area contributed by atoms with Gasteiger partial charge in [0, 0.05) is 5.69 Å². The molecule has 1 N–H and O–H groups in total. The molecule has 1 aromatic heterocycles. The summed E-state index contributed by atoms with van der Waals surface area (Å²) in [4.78, 5) is 3.02. The van der Waals surface area contributed by atoms with Crippen LogP contribution in [0.2, 0.25) is 5.15 Å². The third-order valence-corrected chi connectivity index (χ3v) is 1.67. The summed E-state index contributed by atoms with van der Waals surface area (Å²) in [5, 5.41) is 0.740. The van der Waals surface area contributed by atoms with Gasteiger partial charge in [-0.2, -0.15) is 0 Å². The van der Waals surface area contributed by atoms with Crippen LogP contribution in [-0.2, 0) is 6.42 Å². The Morgan fingerprint density at radius 1 is 1.67 bits per heavy atom. The smallest absolute Gasteiger partial charge is 0.106 e. The van der Waals surface area contributed by atoms with E-state index in [0.29, 0.717) is 0 Å². The number of hydrogen-bond donors (Lipinski definition) is 1. The summed E-state index contributed by atoms with van der Waals surface area (Å²) in [6.07, 6.45) is 1.05. The van der Waals surface area contributed by atoms with Crippen LogP contribution < -0.4 is 0 Å². The summed E-state index contributed by atoms with van der Waals surface area (Å²) >= 11 is 5.69. The Hall–Kier alpha value is -0.430. The third kappa shape index (κ3) is 1.28. The van der Waals surface area contributed by atoms with E-state index in [1.807, 2.05) is 13.0 Å². The van der Waals surface area contributed by atoms with Gasteiger partial charge in [-0.3, -0.25) is 0 Å². The summed E-state index contributed by atoms with van der Waals surface area (Å²) in [5.41, 5.74) is 2.49. The molecule has 2 heteroatoms. The van der Waals surface area contributed by atoms with Gasteiger partial charge in [0.2, 0.25) is 0 Å². The molecule has 9 heavy (non-hydrogen) atoms. The first-order valence-electron chi connectivity index (χ1n) is 3.08. The van der Waals surface area contributed by atoms with Gasteiger partial charge in [0.15, 0.2) is 0 Å². The molecule has 0 fully saturated rings. The lowest BCUT2D eigenvalue weighted by atomic mass is 10.2. The SMILES string of the molecule is CCc1cc(Cl)[nH]c1C. The van der Waals surface area contributed by atoms with Crippen molar-refractivity contribution >= 4 is 11.6 Å². The Morgan fingerprint density at radius 2 is 2.33 bits per heavy atom. The van der Waals surface area contributed by atoms with Crippen LogP contribution in [0.3, 0.4) is 0 Å². The van der Waals surface area contributed by atoms with Crippen LogP contribution in [0.4, 0.5) is 0 Å². The molecule has 0 aromatic carbocycles. The fourth-order valence-corrected chi connectivity index (χ4v) is 1.20. The van der Waals surface area contributed by atoms with E-state index in [2.05, 4.69) is 11.9 Å². The minimum absolute atomic E-state index is 0.740. The molecular weight excluding hydrogens is 134 g/mol. The van der Waals surface area contributed by atoms with Crippen molar-refractivity contribution in [3.63, 3.8) is 0 Å². The van der Waals surface area contributed by atoms with Crippen LogP contribution in [0.5, 0.6) is 0 Å². The molecule has 0 amide bonds. The summed E-state index contributed by atoms with van der Waals surface area (Å²) in [6.45, 7) is 4.15. The first-order chi connectivity index (χ1) is 4.24. The third-order valence-electron chi connectivity index (χ3n) is 1.47. The van der Waals surface area contributed by atoms with Gasteiger partial charge in [0.1, 0.15) is 5.15 Å². The average molecular weight is 144 g/mol. The van der Waals surface area contributed by atoms with Crippen molar-refractivity contribution < 1.29 is 0 Å². The van der Waals surface area contributed by atoms with Gasteiger partial charge in [-0.15, -0.1) is 0 Å². The molecule has 1 nitrogen and oxygen atoms in total. The zero-order chi connectivity index (χ0) is 6.85. The summed E-state index contributed by atoms with van der Waals surface area (Å²) in [7, 11) is 0. The highest BCUT2D eigenvalue weighted by atomic mass is 35.5. The largest absolute Gasteiger partial charge is 0.350 e. The molecule has 0 saturated heterocycles. The second kappa shape index (κ2) is 2.44. The topological polar surface area (TPSA) is 15.8 Å². The summed E-state index contributed by atoms with van der Waals surface area (Å²) in [6, 6.07) is 1.97. The number of aromatic amines is 1. The predicted octanol–water partition coefficient (Wildman–Crippen LogP) is 2.54. The second-order valence-corrected chi connectivity index (χ2v) is 2.53. The number of hydrogen-bond acceptors (Lipinski definition) is 0. The number of H-pyrrole nitrogens is 1. The highest BCUT2D eigenvalue weighted by Gasteiger charge is 1.97. The molecule has 0 atom stereocenters. The van der Waals surface area contributed by atoms with Crippen molar-refractivity contribution in [1.82, 2.24) is 4.98 Å². The van der Waals surface area contributed by atoms with Crippen molar-refractivity contribution in [2.75, 3.05) is 0 Å². The summed E-state index contributed by atoms with van der Waals surface area (Å²) < 4.78 is 0. The highest BCUT2D eigenvalue weighted by molar-refractivity contribution is 6.29. The molecule has 0 aliphatic heterocycles. The average Bonchev–Trinajstić information content (AvgIpc) is 2.10. The number of aryl methyl sites for hydroxylation is 2. The van der Waals surface area contributed by atoms with E-state index in [4.69, 9.17) is 11.6 Å². The summed E-state index contributed by atoms with van der Waals surface area (Å²) in [5.74, 6) is 0. The maximum absolute atomic E-state index is 5.69. The Balaban J connectivity index is 3.01. The van der Waals surface area contributed by atoms with Crippen LogP contribution in [0.25, 0.3) is 0 Å². The lowest BCUT2D eigenvalue weighted by Crippen LogP contribution is -1.77. The Labute approximate surface area is 60.0 Å². The maximum atomic E-state index is 5.69. The first kappa shape index (κ1) is 6.69. The molecule has 1 rings (SSSR count). The van der Waals surface area contributed by atoms with E-state index in [-0.39, 0.29) is 0 Å². The van der Waals surface area contributed by atoms with Crippen LogP contribution in [-0.4, -0.2) is 4.98 Å². The van der Waals surface area contributed by atoms with E-state index < -0.39 is 0 Å². The molecule has 0 radical (unpaired) electrons. The fraction of sp³-hybridized carbons (Fsp3) is 0.429. The van der Waals surface area contributed by atoms with E-state index in [1.54, 1.807) is 0 Å². The lowest BCUT2D eigenvalue weighted by molar-refractivity contribution is 1.10. The Morgan fingerprint density at radius 3 is 2.56 bits per heavy atom. The van der Waals surface area contributed by atoms with Crippen LogP contribution >= 0.6 is 11.6 Å². The zero-order valence-corrected chi connectivity index (χ0v) is 6.42. The van der Waals surface area contributed by atoms with Gasteiger partial charge < -0.3 is 4.98 Å².